The number of piperidine rings is 1. The molecule has 1 aliphatic rings. The van der Waals surface area contributed by atoms with Crippen LogP contribution in [0, 0.1) is 5.41 Å². The molecule has 1 saturated heterocycles. The van der Waals surface area contributed by atoms with Crippen molar-refractivity contribution in [1.82, 2.24) is 10.2 Å². The lowest BCUT2D eigenvalue weighted by Gasteiger charge is -2.41. The van der Waals surface area contributed by atoms with Crippen LogP contribution in [0.1, 0.15) is 51.5 Å². The van der Waals surface area contributed by atoms with E-state index in [2.05, 4.69) is 48.3 Å². The molecule has 1 heterocycles. The third-order valence-corrected chi connectivity index (χ3v) is 5.46. The molecule has 2 rings (SSSR count). The van der Waals surface area contributed by atoms with Crippen molar-refractivity contribution in [3.05, 3.63) is 35.9 Å². The van der Waals surface area contributed by atoms with Gasteiger partial charge in [-0.1, -0.05) is 44.2 Å². The molecule has 1 aromatic rings. The van der Waals surface area contributed by atoms with Crippen molar-refractivity contribution >= 4 is 5.91 Å². The summed E-state index contributed by atoms with van der Waals surface area (Å²) in [7, 11) is 0. The molecule has 0 saturated carbocycles. The zero-order valence-electron chi connectivity index (χ0n) is 15.1. The lowest BCUT2D eigenvalue weighted by atomic mass is 9.74. The average molecular weight is 332 g/mol. The normalized spacial score (nSPS) is 17.8. The molecule has 0 spiro atoms. The number of likely N-dealkylation sites (tertiary alicyclic amines) is 1. The van der Waals surface area contributed by atoms with Gasteiger partial charge in [0.2, 0.25) is 5.91 Å². The summed E-state index contributed by atoms with van der Waals surface area (Å²) < 4.78 is 0. The number of amides is 1. The van der Waals surface area contributed by atoms with Gasteiger partial charge < -0.3 is 10.4 Å². The zero-order valence-corrected chi connectivity index (χ0v) is 15.1. The summed E-state index contributed by atoms with van der Waals surface area (Å²) in [5.41, 5.74) is 0.915. The first-order valence-electron chi connectivity index (χ1n) is 9.31. The van der Waals surface area contributed by atoms with E-state index in [-0.39, 0.29) is 18.6 Å². The molecule has 0 atom stereocenters. The summed E-state index contributed by atoms with van der Waals surface area (Å²) in [6.45, 7) is 7.04. The number of nitrogens with one attached hydrogen (secondary N) is 1. The molecule has 4 nitrogen and oxygen atoms in total. The highest BCUT2D eigenvalue weighted by molar-refractivity contribution is 5.83. The van der Waals surface area contributed by atoms with Crippen LogP contribution < -0.4 is 5.32 Å². The van der Waals surface area contributed by atoms with E-state index in [9.17, 15) is 9.90 Å². The van der Waals surface area contributed by atoms with Gasteiger partial charge in [0.15, 0.2) is 0 Å². The molecule has 4 heteroatoms. The van der Waals surface area contributed by atoms with Crippen molar-refractivity contribution in [3.8, 4) is 0 Å². The minimum atomic E-state index is -0.398. The van der Waals surface area contributed by atoms with E-state index in [1.54, 1.807) is 0 Å². The topological polar surface area (TPSA) is 52.6 Å². The molecule has 0 unspecified atom stereocenters. The molecule has 1 aromatic carbocycles. The third-order valence-electron chi connectivity index (χ3n) is 5.46. The molecule has 134 valence electrons. The Kier molecular flexibility index (Phi) is 7.25. The van der Waals surface area contributed by atoms with Crippen LogP contribution in [0.15, 0.2) is 30.3 Å². The second-order valence-electron chi connectivity index (χ2n) is 7.00. The number of aliphatic hydroxyl groups excluding tert-OH is 1. The molecule has 1 aliphatic heterocycles. The summed E-state index contributed by atoms with van der Waals surface area (Å²) in [4.78, 5) is 15.3. The predicted octanol–water partition coefficient (Wildman–Crippen LogP) is 2.96. The number of carbonyl (C=O) groups excluding carboxylic acids is 1. The molecule has 0 radical (unpaired) electrons. The highest BCUT2D eigenvalue weighted by Crippen LogP contribution is 2.36. The quantitative estimate of drug-likeness (QED) is 0.769. The summed E-state index contributed by atoms with van der Waals surface area (Å²) in [5, 5.41) is 12.7. The van der Waals surface area contributed by atoms with E-state index in [0.29, 0.717) is 6.42 Å². The summed E-state index contributed by atoms with van der Waals surface area (Å²) in [5.74, 6) is 0.143. The predicted molar refractivity (Wildman–Crippen MR) is 97.6 cm³/mol. The maximum atomic E-state index is 12.9. The molecule has 0 aromatic heterocycles. The maximum Gasteiger partial charge on any atom is 0.226 e. The Labute approximate surface area is 146 Å². The first-order chi connectivity index (χ1) is 11.6. The number of hydrogen-bond donors (Lipinski definition) is 2. The van der Waals surface area contributed by atoms with E-state index < -0.39 is 5.41 Å². The van der Waals surface area contributed by atoms with Crippen LogP contribution in [0.4, 0.5) is 0 Å². The number of benzene rings is 1. The zero-order chi connectivity index (χ0) is 17.4. The van der Waals surface area contributed by atoms with Crippen LogP contribution in [0.3, 0.4) is 0 Å². The number of aliphatic hydroxyl groups is 1. The molecule has 1 fully saturated rings. The molecule has 0 aliphatic carbocycles. The van der Waals surface area contributed by atoms with Gasteiger partial charge in [-0.05, 0) is 50.8 Å². The standard InChI is InChI=1S/C20H32N2O2/c1-3-18(4-2)21-19(24)20(12-15-23)10-13-22(14-11-20)16-17-8-6-5-7-9-17/h5-9,18,23H,3-4,10-16H2,1-2H3,(H,21,24). The van der Waals surface area contributed by atoms with Gasteiger partial charge in [-0.3, -0.25) is 9.69 Å². The van der Waals surface area contributed by atoms with E-state index in [4.69, 9.17) is 0 Å². The molecular weight excluding hydrogens is 300 g/mol. The monoisotopic (exact) mass is 332 g/mol. The van der Waals surface area contributed by atoms with Crippen molar-refractivity contribution in [1.29, 1.82) is 0 Å². The molecular formula is C20H32N2O2. The van der Waals surface area contributed by atoms with Crippen LogP contribution in [-0.4, -0.2) is 41.7 Å². The van der Waals surface area contributed by atoms with Gasteiger partial charge in [0, 0.05) is 19.2 Å². The number of carbonyl (C=O) groups is 1. The Morgan fingerprint density at radius 3 is 2.38 bits per heavy atom. The van der Waals surface area contributed by atoms with Gasteiger partial charge in [-0.25, -0.2) is 0 Å². The fourth-order valence-corrected chi connectivity index (χ4v) is 3.62. The third kappa shape index (κ3) is 4.81. The van der Waals surface area contributed by atoms with Crippen LogP contribution in [-0.2, 0) is 11.3 Å². The van der Waals surface area contributed by atoms with E-state index in [1.165, 1.54) is 5.56 Å². The van der Waals surface area contributed by atoms with Crippen LogP contribution >= 0.6 is 0 Å². The largest absolute Gasteiger partial charge is 0.396 e. The van der Waals surface area contributed by atoms with Crippen LogP contribution in [0.5, 0.6) is 0 Å². The Bertz CT molecular complexity index is 492. The van der Waals surface area contributed by atoms with Crippen LogP contribution in [0.2, 0.25) is 0 Å². The van der Waals surface area contributed by atoms with Crippen molar-refractivity contribution < 1.29 is 9.90 Å². The lowest BCUT2D eigenvalue weighted by molar-refractivity contribution is -0.136. The van der Waals surface area contributed by atoms with E-state index >= 15 is 0 Å². The maximum absolute atomic E-state index is 12.9. The number of nitrogens with zero attached hydrogens (tertiary/aromatic N) is 1. The highest BCUT2D eigenvalue weighted by Gasteiger charge is 2.41. The second kappa shape index (κ2) is 9.19. The summed E-state index contributed by atoms with van der Waals surface area (Å²) >= 11 is 0. The summed E-state index contributed by atoms with van der Waals surface area (Å²) in [6.07, 6.45) is 4.13. The van der Waals surface area contributed by atoms with Crippen molar-refractivity contribution in [2.45, 2.75) is 58.5 Å². The van der Waals surface area contributed by atoms with E-state index in [0.717, 1.165) is 45.3 Å². The fraction of sp³-hybridized carbons (Fsp3) is 0.650. The lowest BCUT2D eigenvalue weighted by Crippen LogP contribution is -2.51. The van der Waals surface area contributed by atoms with Crippen molar-refractivity contribution in [3.63, 3.8) is 0 Å². The van der Waals surface area contributed by atoms with Gasteiger partial charge in [0.25, 0.3) is 0 Å². The Balaban J connectivity index is 1.96. The van der Waals surface area contributed by atoms with Gasteiger partial charge in [0.05, 0.1) is 5.41 Å². The molecule has 1 amide bonds. The molecule has 0 bridgehead atoms. The smallest absolute Gasteiger partial charge is 0.226 e. The first kappa shape index (κ1) is 18.9. The van der Waals surface area contributed by atoms with Crippen molar-refractivity contribution in [2.24, 2.45) is 5.41 Å². The molecule has 24 heavy (non-hydrogen) atoms. The summed E-state index contributed by atoms with van der Waals surface area (Å²) in [6, 6.07) is 10.7. The average Bonchev–Trinajstić information content (AvgIpc) is 2.62. The van der Waals surface area contributed by atoms with Crippen molar-refractivity contribution in [2.75, 3.05) is 19.7 Å². The SMILES string of the molecule is CCC(CC)NC(=O)C1(CCO)CCN(Cc2ccccc2)CC1. The van der Waals surface area contributed by atoms with Gasteiger partial charge in [-0.2, -0.15) is 0 Å². The minimum Gasteiger partial charge on any atom is -0.396 e. The van der Waals surface area contributed by atoms with Crippen LogP contribution in [0.25, 0.3) is 0 Å². The second-order valence-corrected chi connectivity index (χ2v) is 7.00. The fourth-order valence-electron chi connectivity index (χ4n) is 3.62. The molecule has 2 N–H and O–H groups in total. The van der Waals surface area contributed by atoms with Gasteiger partial charge in [-0.15, -0.1) is 0 Å². The first-order valence-corrected chi connectivity index (χ1v) is 9.31. The van der Waals surface area contributed by atoms with E-state index in [1.807, 2.05) is 6.07 Å². The minimum absolute atomic E-state index is 0.0784. The van der Waals surface area contributed by atoms with Gasteiger partial charge >= 0.3 is 0 Å². The Morgan fingerprint density at radius 1 is 1.21 bits per heavy atom. The van der Waals surface area contributed by atoms with Gasteiger partial charge in [0.1, 0.15) is 0 Å². The highest BCUT2D eigenvalue weighted by atomic mass is 16.3. The number of hydrogen-bond acceptors (Lipinski definition) is 3. The Hall–Kier alpha value is -1.39. The Morgan fingerprint density at radius 2 is 1.83 bits per heavy atom. The number of rotatable bonds is 8.